The molecule has 2 rings (SSSR count). The molecule has 132 valence electrons. The number of para-hydroxylation sites is 1. The Hall–Kier alpha value is -2.73. The largest absolute Gasteiger partial charge is 0.492 e. The van der Waals surface area contributed by atoms with Crippen molar-refractivity contribution < 1.29 is 23.8 Å². The van der Waals surface area contributed by atoms with Crippen molar-refractivity contribution in [1.29, 1.82) is 0 Å². The second kappa shape index (κ2) is 9.54. The lowest BCUT2D eigenvalue weighted by atomic mass is 10.2. The Bertz CT molecular complexity index is 718. The second-order valence-electron chi connectivity index (χ2n) is 4.93. The number of rotatable bonds is 8. The predicted molar refractivity (Wildman–Crippen MR) is 93.2 cm³/mol. The van der Waals surface area contributed by atoms with E-state index in [2.05, 4.69) is 10.1 Å². The van der Waals surface area contributed by atoms with Crippen LogP contribution in [0.3, 0.4) is 0 Å². The Morgan fingerprint density at radius 3 is 2.48 bits per heavy atom. The summed E-state index contributed by atoms with van der Waals surface area (Å²) in [7, 11) is 1.28. The zero-order chi connectivity index (χ0) is 18.1. The summed E-state index contributed by atoms with van der Waals surface area (Å²) in [5.74, 6) is 0.121. The van der Waals surface area contributed by atoms with E-state index in [0.29, 0.717) is 29.7 Å². The van der Waals surface area contributed by atoms with Crippen molar-refractivity contribution in [1.82, 2.24) is 5.32 Å². The van der Waals surface area contributed by atoms with Crippen molar-refractivity contribution in [2.45, 2.75) is 0 Å². The number of carbonyl (C=O) groups is 2. The average molecular weight is 364 g/mol. The summed E-state index contributed by atoms with van der Waals surface area (Å²) in [6, 6.07) is 13.5. The highest BCUT2D eigenvalue weighted by Crippen LogP contribution is 2.18. The molecule has 7 heteroatoms. The standard InChI is InChI=1S/C18H18ClNO5/c1-23-18(22)15-4-2-3-5-16(15)25-12-17(21)20-10-11-24-14-8-6-13(19)7-9-14/h2-9H,10-12H2,1H3,(H,20,21). The number of nitrogens with one attached hydrogen (secondary N) is 1. The molecule has 0 fully saturated rings. The first-order valence-corrected chi connectivity index (χ1v) is 7.93. The number of amides is 1. The van der Waals surface area contributed by atoms with Crippen molar-refractivity contribution in [2.75, 3.05) is 26.9 Å². The monoisotopic (exact) mass is 363 g/mol. The van der Waals surface area contributed by atoms with E-state index in [0.717, 1.165) is 0 Å². The van der Waals surface area contributed by atoms with Gasteiger partial charge in [0.2, 0.25) is 0 Å². The van der Waals surface area contributed by atoms with Crippen LogP contribution in [0.15, 0.2) is 48.5 Å². The number of halogens is 1. The molecule has 0 radical (unpaired) electrons. The van der Waals surface area contributed by atoms with Gasteiger partial charge in [0.15, 0.2) is 6.61 Å². The van der Waals surface area contributed by atoms with Crippen molar-refractivity contribution in [2.24, 2.45) is 0 Å². The molecular weight excluding hydrogens is 346 g/mol. The number of esters is 1. The molecule has 0 atom stereocenters. The Labute approximate surface area is 150 Å². The van der Waals surface area contributed by atoms with Crippen molar-refractivity contribution in [3.05, 3.63) is 59.1 Å². The van der Waals surface area contributed by atoms with Gasteiger partial charge in [0.25, 0.3) is 5.91 Å². The summed E-state index contributed by atoms with van der Waals surface area (Å²) in [5, 5.41) is 3.30. The van der Waals surface area contributed by atoms with E-state index in [1.165, 1.54) is 7.11 Å². The van der Waals surface area contributed by atoms with Gasteiger partial charge in [0, 0.05) is 5.02 Å². The van der Waals surface area contributed by atoms with E-state index < -0.39 is 5.97 Å². The maximum absolute atomic E-state index is 11.8. The van der Waals surface area contributed by atoms with Crippen molar-refractivity contribution >= 4 is 23.5 Å². The van der Waals surface area contributed by atoms with Gasteiger partial charge in [-0.15, -0.1) is 0 Å². The molecule has 0 unspecified atom stereocenters. The zero-order valence-corrected chi connectivity index (χ0v) is 14.4. The fourth-order valence-electron chi connectivity index (χ4n) is 1.96. The molecule has 2 aromatic rings. The van der Waals surface area contributed by atoms with Crippen LogP contribution in [0.1, 0.15) is 10.4 Å². The van der Waals surface area contributed by atoms with Crippen molar-refractivity contribution in [3.8, 4) is 11.5 Å². The first-order valence-electron chi connectivity index (χ1n) is 7.55. The molecule has 6 nitrogen and oxygen atoms in total. The van der Waals surface area contributed by atoms with Crippen LogP contribution < -0.4 is 14.8 Å². The fraction of sp³-hybridized carbons (Fsp3) is 0.222. The normalized spacial score (nSPS) is 10.0. The lowest BCUT2D eigenvalue weighted by molar-refractivity contribution is -0.123. The van der Waals surface area contributed by atoms with Crippen LogP contribution in [0, 0.1) is 0 Å². The minimum absolute atomic E-state index is 0.213. The fourth-order valence-corrected chi connectivity index (χ4v) is 2.08. The van der Waals surface area contributed by atoms with Gasteiger partial charge >= 0.3 is 5.97 Å². The lowest BCUT2D eigenvalue weighted by Crippen LogP contribution is -2.32. The lowest BCUT2D eigenvalue weighted by Gasteiger charge is -2.11. The van der Waals surface area contributed by atoms with Gasteiger partial charge in [-0.25, -0.2) is 4.79 Å². The van der Waals surface area contributed by atoms with Gasteiger partial charge in [0.1, 0.15) is 23.7 Å². The van der Waals surface area contributed by atoms with Gasteiger partial charge < -0.3 is 19.5 Å². The maximum atomic E-state index is 11.8. The number of carbonyl (C=O) groups excluding carboxylic acids is 2. The topological polar surface area (TPSA) is 73.9 Å². The summed E-state index contributed by atoms with van der Waals surface area (Å²) in [4.78, 5) is 23.4. The first kappa shape index (κ1) is 18.6. The maximum Gasteiger partial charge on any atom is 0.341 e. The average Bonchev–Trinajstić information content (AvgIpc) is 2.64. The SMILES string of the molecule is COC(=O)c1ccccc1OCC(=O)NCCOc1ccc(Cl)cc1. The molecular formula is C18H18ClNO5. The molecule has 25 heavy (non-hydrogen) atoms. The third kappa shape index (κ3) is 6.00. The minimum atomic E-state index is -0.521. The van der Waals surface area contributed by atoms with E-state index in [1.54, 1.807) is 48.5 Å². The highest BCUT2D eigenvalue weighted by molar-refractivity contribution is 6.30. The smallest absolute Gasteiger partial charge is 0.341 e. The molecule has 0 spiro atoms. The molecule has 0 aliphatic heterocycles. The first-order chi connectivity index (χ1) is 12.1. The number of hydrogen-bond acceptors (Lipinski definition) is 5. The molecule has 0 heterocycles. The molecule has 1 amide bonds. The van der Waals surface area contributed by atoms with E-state index in [4.69, 9.17) is 21.1 Å². The van der Waals surface area contributed by atoms with Gasteiger partial charge in [-0.2, -0.15) is 0 Å². The van der Waals surface area contributed by atoms with Crippen LogP contribution in [-0.2, 0) is 9.53 Å². The van der Waals surface area contributed by atoms with Gasteiger partial charge in [-0.3, -0.25) is 4.79 Å². The van der Waals surface area contributed by atoms with Crippen LogP contribution in [0.4, 0.5) is 0 Å². The Morgan fingerprint density at radius 1 is 1.04 bits per heavy atom. The number of ether oxygens (including phenoxy) is 3. The number of hydrogen-bond donors (Lipinski definition) is 1. The molecule has 0 saturated heterocycles. The molecule has 0 aliphatic carbocycles. The van der Waals surface area contributed by atoms with Crippen LogP contribution in [-0.4, -0.2) is 38.7 Å². The Morgan fingerprint density at radius 2 is 1.76 bits per heavy atom. The quantitative estimate of drug-likeness (QED) is 0.576. The summed E-state index contributed by atoms with van der Waals surface area (Å²) in [6.45, 7) is 0.421. The molecule has 2 aromatic carbocycles. The van der Waals surface area contributed by atoms with Crippen LogP contribution in [0.5, 0.6) is 11.5 Å². The second-order valence-corrected chi connectivity index (χ2v) is 5.37. The Kier molecular flexibility index (Phi) is 7.10. The number of methoxy groups -OCH3 is 1. The zero-order valence-electron chi connectivity index (χ0n) is 13.7. The summed E-state index contributed by atoms with van der Waals surface area (Å²) in [5.41, 5.74) is 0.267. The third-order valence-electron chi connectivity index (χ3n) is 3.16. The minimum Gasteiger partial charge on any atom is -0.492 e. The van der Waals surface area contributed by atoms with Crippen LogP contribution in [0.25, 0.3) is 0 Å². The summed E-state index contributed by atoms with van der Waals surface area (Å²) in [6.07, 6.45) is 0. The van der Waals surface area contributed by atoms with Crippen molar-refractivity contribution in [3.63, 3.8) is 0 Å². The van der Waals surface area contributed by atoms with Crippen LogP contribution >= 0.6 is 11.6 Å². The molecule has 0 saturated carbocycles. The van der Waals surface area contributed by atoms with Gasteiger partial charge in [-0.05, 0) is 36.4 Å². The van der Waals surface area contributed by atoms with E-state index in [9.17, 15) is 9.59 Å². The van der Waals surface area contributed by atoms with Gasteiger partial charge in [-0.1, -0.05) is 23.7 Å². The van der Waals surface area contributed by atoms with Crippen LogP contribution in [0.2, 0.25) is 5.02 Å². The third-order valence-corrected chi connectivity index (χ3v) is 3.41. The van der Waals surface area contributed by atoms with E-state index in [1.807, 2.05) is 0 Å². The summed E-state index contributed by atoms with van der Waals surface area (Å²) >= 11 is 5.78. The molecule has 0 aliphatic rings. The highest BCUT2D eigenvalue weighted by atomic mass is 35.5. The van der Waals surface area contributed by atoms with E-state index in [-0.39, 0.29) is 18.1 Å². The highest BCUT2D eigenvalue weighted by Gasteiger charge is 2.13. The van der Waals surface area contributed by atoms with Gasteiger partial charge in [0.05, 0.1) is 13.7 Å². The number of benzene rings is 2. The molecule has 0 bridgehead atoms. The predicted octanol–water partition coefficient (Wildman–Crippen LogP) is 2.70. The van der Waals surface area contributed by atoms with E-state index >= 15 is 0 Å². The molecule has 0 aromatic heterocycles. The summed E-state index contributed by atoms with van der Waals surface area (Å²) < 4.78 is 15.5. The molecule has 1 N–H and O–H groups in total. The Balaban J connectivity index is 1.72.